The van der Waals surface area contributed by atoms with Crippen LogP contribution in [-0.2, 0) is 0 Å². The van der Waals surface area contributed by atoms with Crippen molar-refractivity contribution in [3.63, 3.8) is 0 Å². The lowest BCUT2D eigenvalue weighted by molar-refractivity contribution is 0.901. The first-order valence-electron chi connectivity index (χ1n) is 5.24. The number of nitrogens with zero attached hydrogens (tertiary/aromatic N) is 3. The molecular formula is C11H18ClN3. The Morgan fingerprint density at radius 3 is 2.40 bits per heavy atom. The molecule has 0 aliphatic carbocycles. The molecule has 0 radical (unpaired) electrons. The Morgan fingerprint density at radius 1 is 1.20 bits per heavy atom. The lowest BCUT2D eigenvalue weighted by Crippen LogP contribution is -1.93. The van der Waals surface area contributed by atoms with Gasteiger partial charge in [-0.3, -0.25) is 0 Å². The van der Waals surface area contributed by atoms with Crippen molar-refractivity contribution in [1.29, 1.82) is 0 Å². The third kappa shape index (κ3) is 3.51. The van der Waals surface area contributed by atoms with Gasteiger partial charge in [-0.25, -0.2) is 9.50 Å². The summed E-state index contributed by atoms with van der Waals surface area (Å²) in [6.45, 7) is 9.86. The number of hydrogen-bond donors (Lipinski definition) is 0. The predicted molar refractivity (Wildman–Crippen MR) is 65.4 cm³/mol. The van der Waals surface area contributed by atoms with Crippen LogP contribution in [0.5, 0.6) is 0 Å². The van der Waals surface area contributed by atoms with Crippen LogP contribution < -0.4 is 0 Å². The van der Waals surface area contributed by atoms with Crippen LogP contribution in [0.4, 0.5) is 0 Å². The average Bonchev–Trinajstić information content (AvgIpc) is 2.72. The van der Waals surface area contributed by atoms with E-state index in [0.29, 0.717) is 5.02 Å². The minimum absolute atomic E-state index is 0.656. The highest BCUT2D eigenvalue weighted by atomic mass is 35.5. The Hall–Kier alpha value is -1.09. The van der Waals surface area contributed by atoms with E-state index in [9.17, 15) is 0 Å². The average molecular weight is 228 g/mol. The van der Waals surface area contributed by atoms with Crippen LogP contribution in [0, 0.1) is 6.92 Å². The summed E-state index contributed by atoms with van der Waals surface area (Å²) in [6, 6.07) is 1.80. The van der Waals surface area contributed by atoms with Crippen molar-refractivity contribution in [1.82, 2.24) is 14.6 Å². The molecule has 0 atom stereocenters. The zero-order chi connectivity index (χ0) is 11.8. The highest BCUT2D eigenvalue weighted by Crippen LogP contribution is 2.13. The second-order valence-electron chi connectivity index (χ2n) is 2.31. The second-order valence-corrected chi connectivity index (χ2v) is 2.71. The lowest BCUT2D eigenvalue weighted by Gasteiger charge is -1.96. The van der Waals surface area contributed by atoms with Crippen molar-refractivity contribution in [2.24, 2.45) is 0 Å². The number of fused-ring (bicyclic) bond motifs is 1. The van der Waals surface area contributed by atoms with Gasteiger partial charge in [0, 0.05) is 18.5 Å². The summed E-state index contributed by atoms with van der Waals surface area (Å²) >= 11 is 5.83. The molecule has 0 N–H and O–H groups in total. The summed E-state index contributed by atoms with van der Waals surface area (Å²) in [7, 11) is 0. The van der Waals surface area contributed by atoms with Gasteiger partial charge in [0.25, 0.3) is 0 Å². The summed E-state index contributed by atoms with van der Waals surface area (Å²) in [5.41, 5.74) is 1.60. The Balaban J connectivity index is 0.000000442. The van der Waals surface area contributed by atoms with Crippen molar-refractivity contribution in [3.05, 3.63) is 29.2 Å². The van der Waals surface area contributed by atoms with Gasteiger partial charge in [0.1, 0.15) is 0 Å². The van der Waals surface area contributed by atoms with E-state index in [1.807, 2.05) is 34.6 Å². The smallest absolute Gasteiger partial charge is 0.154 e. The van der Waals surface area contributed by atoms with E-state index >= 15 is 0 Å². The third-order valence-electron chi connectivity index (χ3n) is 1.51. The number of hydrogen-bond acceptors (Lipinski definition) is 2. The van der Waals surface area contributed by atoms with Crippen molar-refractivity contribution < 1.29 is 0 Å². The van der Waals surface area contributed by atoms with Crippen LogP contribution in [0.3, 0.4) is 0 Å². The number of rotatable bonds is 0. The molecule has 2 aromatic heterocycles. The molecule has 2 aromatic rings. The number of aryl methyl sites for hydroxylation is 1. The summed E-state index contributed by atoms with van der Waals surface area (Å²) in [5, 5.41) is 4.81. The molecule has 2 rings (SSSR count). The molecular weight excluding hydrogens is 210 g/mol. The highest BCUT2D eigenvalue weighted by Gasteiger charge is 1.99. The molecule has 3 nitrogen and oxygen atoms in total. The lowest BCUT2D eigenvalue weighted by atomic mass is 10.4. The van der Waals surface area contributed by atoms with Crippen LogP contribution in [0.25, 0.3) is 5.65 Å². The molecule has 84 valence electrons. The van der Waals surface area contributed by atoms with Crippen LogP contribution in [0.1, 0.15) is 33.4 Å². The summed E-state index contributed by atoms with van der Waals surface area (Å²) < 4.78 is 1.70. The molecule has 0 unspecified atom stereocenters. The minimum Gasteiger partial charge on any atom is -0.235 e. The molecule has 0 spiro atoms. The molecule has 0 saturated heterocycles. The third-order valence-corrected chi connectivity index (χ3v) is 1.89. The molecule has 0 aliphatic heterocycles. The molecule has 0 aromatic carbocycles. The van der Waals surface area contributed by atoms with E-state index in [1.54, 1.807) is 23.0 Å². The standard InChI is InChI=1S/C7H6ClN3.2C2H6/c1-5-6(8)4-7-9-2-3-11(7)10-5;2*1-2/h2-4H,1H3;2*1-2H3. The number of imidazole rings is 1. The Morgan fingerprint density at radius 2 is 1.80 bits per heavy atom. The van der Waals surface area contributed by atoms with Gasteiger partial charge in [-0.15, -0.1) is 0 Å². The van der Waals surface area contributed by atoms with Crippen LogP contribution in [0.2, 0.25) is 5.02 Å². The zero-order valence-corrected chi connectivity index (χ0v) is 10.7. The van der Waals surface area contributed by atoms with Gasteiger partial charge in [0.15, 0.2) is 5.65 Å². The van der Waals surface area contributed by atoms with E-state index in [-0.39, 0.29) is 0 Å². The fourth-order valence-electron chi connectivity index (χ4n) is 0.923. The van der Waals surface area contributed by atoms with Gasteiger partial charge in [0.05, 0.1) is 10.7 Å². The number of aromatic nitrogens is 3. The molecule has 0 aliphatic rings. The summed E-state index contributed by atoms with van der Waals surface area (Å²) in [6.07, 6.45) is 3.48. The van der Waals surface area contributed by atoms with Crippen LogP contribution in [0.15, 0.2) is 18.5 Å². The van der Waals surface area contributed by atoms with Gasteiger partial charge < -0.3 is 0 Å². The molecule has 0 saturated carbocycles. The topological polar surface area (TPSA) is 30.2 Å². The first-order valence-corrected chi connectivity index (χ1v) is 5.61. The Labute approximate surface area is 96.1 Å². The van der Waals surface area contributed by atoms with Crippen LogP contribution in [-0.4, -0.2) is 14.6 Å². The van der Waals surface area contributed by atoms with E-state index < -0.39 is 0 Å². The molecule has 15 heavy (non-hydrogen) atoms. The zero-order valence-electron chi connectivity index (χ0n) is 9.95. The highest BCUT2D eigenvalue weighted by molar-refractivity contribution is 6.31. The van der Waals surface area contributed by atoms with Crippen molar-refractivity contribution in [2.75, 3.05) is 0 Å². The molecule has 0 amide bonds. The van der Waals surface area contributed by atoms with Gasteiger partial charge >= 0.3 is 0 Å². The quantitative estimate of drug-likeness (QED) is 0.686. The monoisotopic (exact) mass is 227 g/mol. The van der Waals surface area contributed by atoms with E-state index in [4.69, 9.17) is 11.6 Å². The normalized spacial score (nSPS) is 8.67. The van der Waals surface area contributed by atoms with E-state index in [0.717, 1.165) is 11.3 Å². The summed E-state index contributed by atoms with van der Waals surface area (Å²) in [4.78, 5) is 4.04. The van der Waals surface area contributed by atoms with Gasteiger partial charge in [-0.05, 0) is 6.92 Å². The second kappa shape index (κ2) is 7.23. The van der Waals surface area contributed by atoms with Gasteiger partial charge in [-0.1, -0.05) is 39.3 Å². The van der Waals surface area contributed by atoms with E-state index in [2.05, 4.69) is 10.1 Å². The first-order chi connectivity index (χ1) is 7.27. The molecule has 4 heteroatoms. The summed E-state index contributed by atoms with van der Waals surface area (Å²) in [5.74, 6) is 0. The van der Waals surface area contributed by atoms with Crippen molar-refractivity contribution in [3.8, 4) is 0 Å². The Bertz CT molecular complexity index is 360. The molecule has 0 bridgehead atoms. The van der Waals surface area contributed by atoms with Gasteiger partial charge in [-0.2, -0.15) is 5.10 Å². The minimum atomic E-state index is 0.656. The first kappa shape index (κ1) is 13.9. The van der Waals surface area contributed by atoms with E-state index in [1.165, 1.54) is 0 Å². The Kier molecular flexibility index (Phi) is 6.71. The predicted octanol–water partition coefficient (Wildman–Crippen LogP) is 3.74. The maximum Gasteiger partial charge on any atom is 0.154 e. The fourth-order valence-corrected chi connectivity index (χ4v) is 1.06. The SMILES string of the molecule is CC.CC.Cc1nn2ccnc2cc1Cl. The number of halogens is 1. The maximum absolute atomic E-state index is 5.83. The maximum atomic E-state index is 5.83. The largest absolute Gasteiger partial charge is 0.235 e. The molecule has 0 fully saturated rings. The van der Waals surface area contributed by atoms with Crippen molar-refractivity contribution in [2.45, 2.75) is 34.6 Å². The fraction of sp³-hybridized carbons (Fsp3) is 0.455. The van der Waals surface area contributed by atoms with Gasteiger partial charge in [0.2, 0.25) is 0 Å². The molecule has 2 heterocycles. The van der Waals surface area contributed by atoms with Crippen LogP contribution >= 0.6 is 11.6 Å². The van der Waals surface area contributed by atoms with Crippen molar-refractivity contribution >= 4 is 17.2 Å².